The Hall–Kier alpha value is -3.70. The molecule has 0 saturated heterocycles. The molecule has 0 unspecified atom stereocenters. The molecule has 0 aliphatic rings. The van der Waals surface area contributed by atoms with Crippen molar-refractivity contribution in [3.63, 3.8) is 0 Å². The second-order valence-corrected chi connectivity index (χ2v) is 7.23. The van der Waals surface area contributed by atoms with Crippen LogP contribution in [0.5, 0.6) is 0 Å². The maximum absolute atomic E-state index is 12.3. The lowest BCUT2D eigenvalue weighted by Gasteiger charge is -2.02. The van der Waals surface area contributed by atoms with Crippen molar-refractivity contribution in [3.05, 3.63) is 107 Å². The number of para-hydroxylation sites is 1. The Morgan fingerprint density at radius 2 is 1.80 bits per heavy atom. The first-order valence-electron chi connectivity index (χ1n) is 9.41. The molecule has 4 rings (SSSR count). The van der Waals surface area contributed by atoms with E-state index in [1.165, 1.54) is 0 Å². The van der Waals surface area contributed by atoms with Gasteiger partial charge in [0.1, 0.15) is 5.69 Å². The molecule has 0 spiro atoms. The van der Waals surface area contributed by atoms with E-state index < -0.39 is 0 Å². The van der Waals surface area contributed by atoms with Crippen molar-refractivity contribution in [2.24, 2.45) is 5.10 Å². The molecule has 1 N–H and O–H groups in total. The summed E-state index contributed by atoms with van der Waals surface area (Å²) in [5, 5.41) is 9.48. The Bertz CT molecular complexity index is 1200. The molecule has 5 nitrogen and oxygen atoms in total. The summed E-state index contributed by atoms with van der Waals surface area (Å²) in [6.07, 6.45) is 3.50. The predicted molar refractivity (Wildman–Crippen MR) is 120 cm³/mol. The van der Waals surface area contributed by atoms with Crippen LogP contribution in [0.1, 0.15) is 21.5 Å². The van der Waals surface area contributed by atoms with Gasteiger partial charge >= 0.3 is 0 Å². The summed E-state index contributed by atoms with van der Waals surface area (Å²) in [6, 6.07) is 24.6. The minimum absolute atomic E-state index is 0.310. The molecule has 0 saturated carbocycles. The number of rotatable bonds is 5. The molecule has 3 aromatic carbocycles. The molecule has 0 bridgehead atoms. The number of benzene rings is 3. The molecular formula is C24H19ClN4O. The Morgan fingerprint density at radius 1 is 1.03 bits per heavy atom. The fraction of sp³-hybridized carbons (Fsp3) is 0.0417. The van der Waals surface area contributed by atoms with Gasteiger partial charge in [-0.15, -0.1) is 0 Å². The zero-order chi connectivity index (χ0) is 20.9. The van der Waals surface area contributed by atoms with Gasteiger partial charge in [-0.1, -0.05) is 53.6 Å². The van der Waals surface area contributed by atoms with E-state index in [1.54, 1.807) is 35.2 Å². The number of halogens is 1. The number of hydrogen-bond donors (Lipinski definition) is 1. The van der Waals surface area contributed by atoms with E-state index in [0.29, 0.717) is 10.6 Å². The summed E-state index contributed by atoms with van der Waals surface area (Å²) in [7, 11) is 0. The van der Waals surface area contributed by atoms with Crippen LogP contribution in [0, 0.1) is 6.92 Å². The lowest BCUT2D eigenvalue weighted by atomic mass is 10.1. The quantitative estimate of drug-likeness (QED) is 0.357. The second kappa shape index (κ2) is 8.76. The molecule has 148 valence electrons. The normalized spacial score (nSPS) is 11.0. The number of carbonyl (C=O) groups excluding carboxylic acids is 1. The van der Waals surface area contributed by atoms with Crippen molar-refractivity contribution in [1.29, 1.82) is 0 Å². The fourth-order valence-corrected chi connectivity index (χ4v) is 3.16. The summed E-state index contributed by atoms with van der Waals surface area (Å²) in [4.78, 5) is 12.3. The van der Waals surface area contributed by atoms with E-state index in [9.17, 15) is 4.79 Å². The highest BCUT2D eigenvalue weighted by Crippen LogP contribution is 2.23. The number of nitrogens with zero attached hydrogens (tertiary/aromatic N) is 3. The van der Waals surface area contributed by atoms with Crippen LogP contribution in [-0.2, 0) is 0 Å². The highest BCUT2D eigenvalue weighted by atomic mass is 35.5. The van der Waals surface area contributed by atoms with Gasteiger partial charge in [-0.05, 0) is 49.4 Å². The van der Waals surface area contributed by atoms with Gasteiger partial charge in [0.15, 0.2) is 0 Å². The smallest absolute Gasteiger partial charge is 0.267 e. The van der Waals surface area contributed by atoms with Crippen molar-refractivity contribution >= 4 is 23.7 Å². The minimum Gasteiger partial charge on any atom is -0.267 e. The maximum Gasteiger partial charge on any atom is 0.271 e. The molecule has 1 aromatic heterocycles. The summed E-state index contributed by atoms with van der Waals surface area (Å²) >= 11 is 5.87. The number of aryl methyl sites for hydroxylation is 1. The van der Waals surface area contributed by atoms with Crippen LogP contribution in [0.3, 0.4) is 0 Å². The van der Waals surface area contributed by atoms with Gasteiger partial charge in [-0.25, -0.2) is 10.1 Å². The van der Waals surface area contributed by atoms with Crippen molar-refractivity contribution in [3.8, 4) is 16.9 Å². The van der Waals surface area contributed by atoms with Crippen molar-refractivity contribution in [2.75, 3.05) is 0 Å². The van der Waals surface area contributed by atoms with E-state index in [4.69, 9.17) is 16.7 Å². The number of hydrazone groups is 1. The molecule has 0 aliphatic carbocycles. The van der Waals surface area contributed by atoms with Crippen LogP contribution in [0.4, 0.5) is 0 Å². The average Bonchev–Trinajstić information content (AvgIpc) is 3.19. The van der Waals surface area contributed by atoms with Crippen molar-refractivity contribution < 1.29 is 4.79 Å². The molecule has 1 heterocycles. The van der Waals surface area contributed by atoms with Crippen LogP contribution in [0.2, 0.25) is 5.02 Å². The van der Waals surface area contributed by atoms with Gasteiger partial charge in [0.05, 0.1) is 11.9 Å². The Morgan fingerprint density at radius 3 is 2.53 bits per heavy atom. The van der Waals surface area contributed by atoms with Gasteiger partial charge in [0, 0.05) is 27.9 Å². The minimum atomic E-state index is -0.310. The topological polar surface area (TPSA) is 59.3 Å². The molecule has 0 radical (unpaired) electrons. The molecule has 0 fully saturated rings. The molecular weight excluding hydrogens is 396 g/mol. The van der Waals surface area contributed by atoms with Gasteiger partial charge in [0.2, 0.25) is 0 Å². The summed E-state index contributed by atoms with van der Waals surface area (Å²) in [5.41, 5.74) is 7.68. The average molecular weight is 415 g/mol. The largest absolute Gasteiger partial charge is 0.271 e. The molecule has 0 atom stereocenters. The highest BCUT2D eigenvalue weighted by Gasteiger charge is 2.12. The van der Waals surface area contributed by atoms with Gasteiger partial charge < -0.3 is 0 Å². The van der Waals surface area contributed by atoms with Crippen molar-refractivity contribution in [1.82, 2.24) is 15.2 Å². The summed E-state index contributed by atoms with van der Waals surface area (Å²) < 4.78 is 1.81. The number of aromatic nitrogens is 2. The summed E-state index contributed by atoms with van der Waals surface area (Å²) in [6.45, 7) is 2.04. The van der Waals surface area contributed by atoms with Gasteiger partial charge in [0.25, 0.3) is 5.91 Å². The first-order valence-corrected chi connectivity index (χ1v) is 9.79. The van der Waals surface area contributed by atoms with Gasteiger partial charge in [-0.2, -0.15) is 10.2 Å². The van der Waals surface area contributed by atoms with Crippen LogP contribution < -0.4 is 5.43 Å². The second-order valence-electron chi connectivity index (χ2n) is 6.79. The molecule has 30 heavy (non-hydrogen) atoms. The lowest BCUT2D eigenvalue weighted by Crippen LogP contribution is -2.17. The maximum atomic E-state index is 12.3. The first kappa shape index (κ1) is 19.6. The summed E-state index contributed by atoms with van der Waals surface area (Å²) in [5.74, 6) is -0.310. The number of hydrogen-bond acceptors (Lipinski definition) is 3. The zero-order valence-corrected chi connectivity index (χ0v) is 17.0. The number of amides is 1. The first-order chi connectivity index (χ1) is 14.6. The lowest BCUT2D eigenvalue weighted by molar-refractivity contribution is 0.0955. The van der Waals surface area contributed by atoms with Crippen LogP contribution in [0.15, 0.2) is 90.2 Å². The monoisotopic (exact) mass is 414 g/mol. The Balaban J connectivity index is 1.64. The van der Waals surface area contributed by atoms with Crippen molar-refractivity contribution in [2.45, 2.75) is 6.92 Å². The van der Waals surface area contributed by atoms with Crippen LogP contribution in [-0.4, -0.2) is 21.9 Å². The third-order valence-corrected chi connectivity index (χ3v) is 4.78. The highest BCUT2D eigenvalue weighted by molar-refractivity contribution is 6.30. The van der Waals surface area contributed by atoms with E-state index >= 15 is 0 Å². The van der Waals surface area contributed by atoms with E-state index in [0.717, 1.165) is 28.1 Å². The number of nitrogens with one attached hydrogen (secondary N) is 1. The Labute approximate surface area is 179 Å². The molecule has 0 aliphatic heterocycles. The third kappa shape index (κ3) is 4.47. The third-order valence-electron chi connectivity index (χ3n) is 4.53. The van der Waals surface area contributed by atoms with E-state index in [1.807, 2.05) is 61.7 Å². The predicted octanol–water partition coefficient (Wildman–Crippen LogP) is 5.27. The molecule has 4 aromatic rings. The zero-order valence-electron chi connectivity index (χ0n) is 16.3. The molecule has 1 amide bonds. The Kier molecular flexibility index (Phi) is 5.72. The SMILES string of the molecule is Cc1cccc(-c2nn(-c3ccccc3)cc2/C=N\NC(=O)c2ccc(Cl)cc2)c1. The fourth-order valence-electron chi connectivity index (χ4n) is 3.04. The van der Waals surface area contributed by atoms with E-state index in [2.05, 4.69) is 16.6 Å². The van der Waals surface area contributed by atoms with E-state index in [-0.39, 0.29) is 5.91 Å². The number of carbonyl (C=O) groups is 1. The van der Waals surface area contributed by atoms with Gasteiger partial charge in [-0.3, -0.25) is 4.79 Å². The molecule has 6 heteroatoms. The van der Waals surface area contributed by atoms with Crippen LogP contribution >= 0.6 is 11.6 Å². The van der Waals surface area contributed by atoms with Crippen LogP contribution in [0.25, 0.3) is 16.9 Å². The standard InChI is InChI=1S/C24H19ClN4O/c1-17-6-5-7-19(14-17)23-20(16-29(28-23)22-8-3-2-4-9-22)15-26-27-24(30)18-10-12-21(25)13-11-18/h2-16H,1H3,(H,27,30)/b26-15-.